The summed E-state index contributed by atoms with van der Waals surface area (Å²) in [6, 6.07) is 100. The van der Waals surface area contributed by atoms with Gasteiger partial charge >= 0.3 is 0 Å². The SMILES string of the molecule is Cc1cccc(-c2c(-c3ccc(-n4c5ccc(-c6ccccc6)cc5c5cc(-c6ccccc6)ccc54)cc3)cc(C#N)cc2-c2ccc(-n3c4ccc(-c5ccccc5)cc4c4cc(-c5ccccc5)ccc43)cc2)n1. The van der Waals surface area contributed by atoms with Gasteiger partial charge < -0.3 is 9.13 Å². The topological polar surface area (TPSA) is 46.5 Å². The maximum absolute atomic E-state index is 10.7. The summed E-state index contributed by atoms with van der Waals surface area (Å²) < 4.78 is 4.75. The van der Waals surface area contributed by atoms with Crippen molar-refractivity contribution in [3.05, 3.63) is 284 Å². The Morgan fingerprint density at radius 3 is 0.948 bits per heavy atom. The molecule has 0 radical (unpaired) electrons. The predicted octanol–water partition coefficient (Wildman–Crippen LogP) is 19.1. The van der Waals surface area contributed by atoms with Crippen LogP contribution >= 0.6 is 0 Å². The summed E-state index contributed by atoms with van der Waals surface area (Å²) >= 11 is 0. The fraction of sp³-hybridized carbons (Fsp3) is 0.0137. The molecule has 0 fully saturated rings. The zero-order valence-corrected chi connectivity index (χ0v) is 42.3. The fourth-order valence-corrected chi connectivity index (χ4v) is 11.5. The lowest BCUT2D eigenvalue weighted by molar-refractivity contribution is 1.18. The maximum atomic E-state index is 10.7. The van der Waals surface area contributed by atoms with Crippen LogP contribution in [-0.2, 0) is 0 Å². The largest absolute Gasteiger partial charge is 0.309 e. The highest BCUT2D eigenvalue weighted by Crippen LogP contribution is 2.44. The van der Waals surface area contributed by atoms with Crippen molar-refractivity contribution in [1.29, 1.82) is 5.26 Å². The standard InChI is InChI=1S/C73H48N4/c1-48-15-14-24-68(75-48)73-62(54-25-33-60(34-26-54)76-69-37-29-56(50-16-6-2-7-17-50)43-64(69)65-44-57(30-38-70(65)76)51-18-8-3-9-19-51)41-49(47-74)42-63(73)55-27-35-61(36-28-55)77-71-39-31-58(52-20-10-4-11-21-52)45-66(71)67-46-59(32-40-72(67)77)53-22-12-5-13-23-53/h2-46H,1H3. The van der Waals surface area contributed by atoms with Crippen LogP contribution in [0.1, 0.15) is 11.3 Å². The van der Waals surface area contributed by atoms with Crippen molar-refractivity contribution >= 4 is 43.6 Å². The smallest absolute Gasteiger partial charge is 0.0992 e. The Morgan fingerprint density at radius 2 is 0.636 bits per heavy atom. The van der Waals surface area contributed by atoms with Gasteiger partial charge in [-0.15, -0.1) is 0 Å². The molecule has 4 nitrogen and oxygen atoms in total. The van der Waals surface area contributed by atoms with Crippen LogP contribution in [0, 0.1) is 18.3 Å². The number of nitriles is 1. The Labute approximate surface area is 447 Å². The summed E-state index contributed by atoms with van der Waals surface area (Å²) in [7, 11) is 0. The van der Waals surface area contributed by atoms with Gasteiger partial charge in [-0.2, -0.15) is 5.26 Å². The first-order chi connectivity index (χ1) is 38.0. The molecule has 0 unspecified atom stereocenters. The van der Waals surface area contributed by atoms with Crippen LogP contribution in [0.2, 0.25) is 0 Å². The maximum Gasteiger partial charge on any atom is 0.0992 e. The normalized spacial score (nSPS) is 11.4. The molecule has 0 amide bonds. The lowest BCUT2D eigenvalue weighted by atomic mass is 9.87. The van der Waals surface area contributed by atoms with Crippen LogP contribution in [0.5, 0.6) is 0 Å². The first kappa shape index (κ1) is 45.3. The number of nitrogens with zero attached hydrogens (tertiary/aromatic N) is 4. The molecular weight excluding hydrogens is 933 g/mol. The molecule has 77 heavy (non-hydrogen) atoms. The van der Waals surface area contributed by atoms with E-state index in [-0.39, 0.29) is 0 Å². The van der Waals surface area contributed by atoms with Gasteiger partial charge in [0.2, 0.25) is 0 Å². The third-order valence-electron chi connectivity index (χ3n) is 15.2. The highest BCUT2D eigenvalue weighted by Gasteiger charge is 2.21. The highest BCUT2D eigenvalue weighted by atomic mass is 15.0. The van der Waals surface area contributed by atoms with Gasteiger partial charge in [0.25, 0.3) is 0 Å². The van der Waals surface area contributed by atoms with Crippen molar-refractivity contribution in [2.45, 2.75) is 6.92 Å². The zero-order chi connectivity index (χ0) is 51.4. The van der Waals surface area contributed by atoms with Crippen molar-refractivity contribution in [2.24, 2.45) is 0 Å². The van der Waals surface area contributed by atoms with Gasteiger partial charge in [-0.3, -0.25) is 4.98 Å². The van der Waals surface area contributed by atoms with Crippen molar-refractivity contribution < 1.29 is 0 Å². The van der Waals surface area contributed by atoms with Gasteiger partial charge in [0.15, 0.2) is 0 Å². The summed E-state index contributed by atoms with van der Waals surface area (Å²) in [6.45, 7) is 2.03. The number of aromatic nitrogens is 3. The van der Waals surface area contributed by atoms with Crippen molar-refractivity contribution in [1.82, 2.24) is 14.1 Å². The Kier molecular flexibility index (Phi) is 11.1. The minimum absolute atomic E-state index is 0.580. The van der Waals surface area contributed by atoms with E-state index in [0.29, 0.717) is 5.56 Å². The molecule has 0 atom stereocenters. The van der Waals surface area contributed by atoms with E-state index >= 15 is 0 Å². The monoisotopic (exact) mass is 980 g/mol. The van der Waals surface area contributed by atoms with Crippen molar-refractivity contribution in [2.75, 3.05) is 0 Å². The van der Waals surface area contributed by atoms with Gasteiger partial charge in [0, 0.05) is 44.2 Å². The van der Waals surface area contributed by atoms with Crippen molar-refractivity contribution in [3.63, 3.8) is 0 Å². The molecule has 0 N–H and O–H groups in total. The van der Waals surface area contributed by atoms with Crippen LogP contribution in [0.15, 0.2) is 273 Å². The Hall–Kier alpha value is -10.3. The molecule has 0 aliphatic rings. The van der Waals surface area contributed by atoms with E-state index in [9.17, 15) is 5.26 Å². The molecule has 14 aromatic rings. The third kappa shape index (κ3) is 8.06. The lowest BCUT2D eigenvalue weighted by Crippen LogP contribution is -1.98. The molecule has 0 saturated carbocycles. The number of benzene rings is 11. The van der Waals surface area contributed by atoms with E-state index in [2.05, 4.69) is 270 Å². The summed E-state index contributed by atoms with van der Waals surface area (Å²) in [4.78, 5) is 5.15. The summed E-state index contributed by atoms with van der Waals surface area (Å²) in [5.74, 6) is 0. The van der Waals surface area contributed by atoms with Gasteiger partial charge in [-0.25, -0.2) is 0 Å². The summed E-state index contributed by atoms with van der Waals surface area (Å²) in [6.07, 6.45) is 0. The average molecular weight is 981 g/mol. The van der Waals surface area contributed by atoms with Gasteiger partial charge in [0.05, 0.1) is 39.4 Å². The molecule has 0 aliphatic heterocycles. The molecule has 0 aliphatic carbocycles. The summed E-state index contributed by atoms with van der Waals surface area (Å²) in [5, 5.41) is 15.5. The Balaban J connectivity index is 0.895. The molecule has 0 saturated heterocycles. The van der Waals surface area contributed by atoms with E-state index in [0.717, 1.165) is 72.6 Å². The fourth-order valence-electron chi connectivity index (χ4n) is 11.5. The molecular formula is C73H48N4. The molecule has 0 spiro atoms. The van der Waals surface area contributed by atoms with Crippen LogP contribution in [0.25, 0.3) is 133 Å². The van der Waals surface area contributed by atoms with Crippen LogP contribution in [0.3, 0.4) is 0 Å². The van der Waals surface area contributed by atoms with E-state index < -0.39 is 0 Å². The van der Waals surface area contributed by atoms with E-state index in [1.165, 1.54) is 66.1 Å². The van der Waals surface area contributed by atoms with E-state index in [4.69, 9.17) is 4.98 Å². The van der Waals surface area contributed by atoms with Crippen LogP contribution in [0.4, 0.5) is 0 Å². The van der Waals surface area contributed by atoms with Gasteiger partial charge in [-0.1, -0.05) is 176 Å². The Bertz CT molecular complexity index is 4130. The second kappa shape index (κ2) is 18.9. The zero-order valence-electron chi connectivity index (χ0n) is 42.3. The quantitative estimate of drug-likeness (QED) is 0.145. The minimum Gasteiger partial charge on any atom is -0.309 e. The molecule has 3 aromatic heterocycles. The van der Waals surface area contributed by atoms with Crippen molar-refractivity contribution in [3.8, 4) is 95.5 Å². The molecule has 360 valence electrons. The second-order valence-corrected chi connectivity index (χ2v) is 19.9. The average Bonchev–Trinajstić information content (AvgIpc) is 4.12. The summed E-state index contributed by atoms with van der Waals surface area (Å²) in [5.41, 5.74) is 23.3. The molecule has 0 bridgehead atoms. The van der Waals surface area contributed by atoms with Gasteiger partial charge in [0.1, 0.15) is 0 Å². The first-order valence-electron chi connectivity index (χ1n) is 26.1. The number of pyridine rings is 1. The van der Waals surface area contributed by atoms with Crippen LogP contribution < -0.4 is 0 Å². The molecule has 4 heteroatoms. The van der Waals surface area contributed by atoms with Crippen LogP contribution in [-0.4, -0.2) is 14.1 Å². The molecule has 3 heterocycles. The molecule has 14 rings (SSSR count). The lowest BCUT2D eigenvalue weighted by Gasteiger charge is -2.18. The molecule has 11 aromatic carbocycles. The Morgan fingerprint density at radius 1 is 0.312 bits per heavy atom. The second-order valence-electron chi connectivity index (χ2n) is 19.9. The first-order valence-corrected chi connectivity index (χ1v) is 26.1. The van der Waals surface area contributed by atoms with E-state index in [1.54, 1.807) is 0 Å². The third-order valence-corrected chi connectivity index (χ3v) is 15.2. The van der Waals surface area contributed by atoms with E-state index in [1.807, 2.05) is 25.1 Å². The number of rotatable bonds is 9. The number of fused-ring (bicyclic) bond motifs is 6. The number of hydrogen-bond acceptors (Lipinski definition) is 2. The predicted molar refractivity (Wildman–Crippen MR) is 320 cm³/mol. The van der Waals surface area contributed by atoms with Gasteiger partial charge in [-0.05, 0) is 171 Å². The number of hydrogen-bond donors (Lipinski definition) is 0. The number of aryl methyl sites for hydroxylation is 1. The minimum atomic E-state index is 0.580. The highest BCUT2D eigenvalue weighted by molar-refractivity contribution is 6.13.